The number of hydrogen-bond acceptors (Lipinski definition) is 5. The number of hydrogen-bond donors (Lipinski definition) is 3. The molecule has 7 nitrogen and oxygen atoms in total. The van der Waals surface area contributed by atoms with Crippen molar-refractivity contribution in [2.45, 2.75) is 5.79 Å². The Labute approximate surface area is 95.2 Å². The van der Waals surface area contributed by atoms with Crippen molar-refractivity contribution in [3.05, 3.63) is 30.3 Å². The summed E-state index contributed by atoms with van der Waals surface area (Å²) in [5, 5.41) is 31.5. The molecule has 0 aliphatic carbocycles. The normalized spacial score (nSPS) is 18.1. The van der Waals surface area contributed by atoms with E-state index in [0.717, 1.165) is 0 Å². The van der Waals surface area contributed by atoms with Gasteiger partial charge in [0, 0.05) is 0 Å². The molecule has 0 radical (unpaired) electrons. The molecule has 0 atom stereocenters. The van der Waals surface area contributed by atoms with Crippen LogP contribution in [0.25, 0.3) is 0 Å². The monoisotopic (exact) mass is 236 g/mol. The largest absolute Gasteiger partial charge is 0.477 e. The van der Waals surface area contributed by atoms with Crippen molar-refractivity contribution in [1.29, 1.82) is 0 Å². The lowest BCUT2D eigenvalue weighted by Crippen LogP contribution is -2.48. The average molecular weight is 236 g/mol. The quantitative estimate of drug-likeness (QED) is 0.579. The second-order valence-electron chi connectivity index (χ2n) is 3.38. The van der Waals surface area contributed by atoms with Gasteiger partial charge in [-0.05, 0) is 12.1 Å². The minimum Gasteiger partial charge on any atom is -0.477 e. The van der Waals surface area contributed by atoms with E-state index in [9.17, 15) is 19.8 Å². The lowest BCUT2D eigenvalue weighted by atomic mass is 10.1. The molecule has 1 aromatic rings. The SMILES string of the molecule is O=C(O)C1=NN(c2ccccc2)C(=O)C1(O)O. The number of carboxylic acids is 1. The fourth-order valence-corrected chi connectivity index (χ4v) is 1.40. The highest BCUT2D eigenvalue weighted by atomic mass is 16.5. The van der Waals surface area contributed by atoms with Gasteiger partial charge in [0.2, 0.25) is 5.71 Å². The molecule has 1 aromatic carbocycles. The zero-order chi connectivity index (χ0) is 12.6. The molecule has 0 bridgehead atoms. The molecule has 3 N–H and O–H groups in total. The Balaban J connectivity index is 2.46. The average Bonchev–Trinajstić information content (AvgIpc) is 2.52. The molecule has 1 aliphatic heterocycles. The molecule has 0 saturated carbocycles. The molecule has 7 heteroatoms. The lowest BCUT2D eigenvalue weighted by Gasteiger charge is -2.15. The van der Waals surface area contributed by atoms with E-state index >= 15 is 0 Å². The lowest BCUT2D eigenvalue weighted by molar-refractivity contribution is -0.158. The van der Waals surface area contributed by atoms with Crippen LogP contribution in [0.15, 0.2) is 35.4 Å². The first-order chi connectivity index (χ1) is 7.94. The number of carboxylic acid groups (broad SMARTS) is 1. The van der Waals surface area contributed by atoms with Gasteiger partial charge in [-0.25, -0.2) is 4.79 Å². The van der Waals surface area contributed by atoms with Gasteiger partial charge in [0.15, 0.2) is 0 Å². The Hall–Kier alpha value is -2.25. The number of rotatable bonds is 2. The number of carbonyl (C=O) groups excluding carboxylic acids is 1. The van der Waals surface area contributed by atoms with Gasteiger partial charge in [0.1, 0.15) is 0 Å². The van der Waals surface area contributed by atoms with E-state index in [1.807, 2.05) is 0 Å². The summed E-state index contributed by atoms with van der Waals surface area (Å²) < 4.78 is 0. The van der Waals surface area contributed by atoms with Crippen LogP contribution in [0, 0.1) is 0 Å². The van der Waals surface area contributed by atoms with Crippen LogP contribution in [0.1, 0.15) is 0 Å². The summed E-state index contributed by atoms with van der Waals surface area (Å²) in [5.41, 5.74) is -0.771. The molecule has 88 valence electrons. The van der Waals surface area contributed by atoms with E-state index in [1.165, 1.54) is 12.1 Å². The topological polar surface area (TPSA) is 110 Å². The van der Waals surface area contributed by atoms with E-state index in [0.29, 0.717) is 5.01 Å². The number of aliphatic hydroxyl groups is 2. The molecule has 0 saturated heterocycles. The van der Waals surface area contributed by atoms with Crippen LogP contribution in [0.3, 0.4) is 0 Å². The minimum atomic E-state index is -3.10. The van der Waals surface area contributed by atoms with Crippen molar-refractivity contribution in [3.8, 4) is 0 Å². The number of nitrogens with zero attached hydrogens (tertiary/aromatic N) is 2. The van der Waals surface area contributed by atoms with E-state index in [2.05, 4.69) is 5.10 Å². The van der Waals surface area contributed by atoms with Gasteiger partial charge in [0.05, 0.1) is 5.69 Å². The summed E-state index contributed by atoms with van der Waals surface area (Å²) in [6.45, 7) is 0. The highest BCUT2D eigenvalue weighted by molar-refractivity contribution is 6.46. The third-order valence-corrected chi connectivity index (χ3v) is 2.22. The Morgan fingerprint density at radius 2 is 1.82 bits per heavy atom. The molecule has 17 heavy (non-hydrogen) atoms. The summed E-state index contributed by atoms with van der Waals surface area (Å²) in [5.74, 6) is -5.98. The van der Waals surface area contributed by atoms with Crippen molar-refractivity contribution in [1.82, 2.24) is 0 Å². The van der Waals surface area contributed by atoms with E-state index in [-0.39, 0.29) is 5.69 Å². The van der Waals surface area contributed by atoms with Crippen molar-refractivity contribution < 1.29 is 24.9 Å². The smallest absolute Gasteiger partial charge is 0.358 e. The predicted molar refractivity (Wildman–Crippen MR) is 56.2 cm³/mol. The molecule has 0 fully saturated rings. The number of hydrazone groups is 1. The van der Waals surface area contributed by atoms with Crippen LogP contribution in [-0.2, 0) is 9.59 Å². The fraction of sp³-hybridized carbons (Fsp3) is 0.100. The Morgan fingerprint density at radius 1 is 1.24 bits per heavy atom. The molecule has 0 spiro atoms. The van der Waals surface area contributed by atoms with Crippen LogP contribution in [-0.4, -0.2) is 38.7 Å². The number of para-hydroxylation sites is 1. The molecule has 0 unspecified atom stereocenters. The van der Waals surface area contributed by atoms with Gasteiger partial charge >= 0.3 is 17.7 Å². The molecule has 1 aliphatic rings. The number of anilines is 1. The van der Waals surface area contributed by atoms with Crippen molar-refractivity contribution >= 4 is 23.3 Å². The molecule has 1 amide bonds. The second kappa shape index (κ2) is 3.65. The van der Waals surface area contributed by atoms with E-state index in [4.69, 9.17) is 5.11 Å². The Kier molecular flexibility index (Phi) is 2.41. The molecular formula is C10H8N2O5. The van der Waals surface area contributed by atoms with Crippen molar-refractivity contribution in [3.63, 3.8) is 0 Å². The Morgan fingerprint density at radius 3 is 2.29 bits per heavy atom. The zero-order valence-corrected chi connectivity index (χ0v) is 8.44. The highest BCUT2D eigenvalue weighted by Crippen LogP contribution is 2.24. The third-order valence-electron chi connectivity index (χ3n) is 2.22. The first kappa shape index (κ1) is 11.2. The number of carbonyl (C=O) groups is 2. The summed E-state index contributed by atoms with van der Waals surface area (Å²) in [6.07, 6.45) is 0. The summed E-state index contributed by atoms with van der Waals surface area (Å²) in [7, 11) is 0. The fourth-order valence-electron chi connectivity index (χ4n) is 1.40. The molecule has 1 heterocycles. The first-order valence-electron chi connectivity index (χ1n) is 4.61. The summed E-state index contributed by atoms with van der Waals surface area (Å²) >= 11 is 0. The maximum Gasteiger partial charge on any atom is 0.358 e. The molecule has 2 rings (SSSR count). The van der Waals surface area contributed by atoms with Crippen LogP contribution >= 0.6 is 0 Å². The maximum absolute atomic E-state index is 11.6. The van der Waals surface area contributed by atoms with Crippen LogP contribution in [0.2, 0.25) is 0 Å². The van der Waals surface area contributed by atoms with Crippen molar-refractivity contribution in [2.24, 2.45) is 5.10 Å². The third kappa shape index (κ3) is 1.67. The number of benzene rings is 1. The Bertz CT molecular complexity index is 509. The van der Waals surface area contributed by atoms with Crippen molar-refractivity contribution in [2.75, 3.05) is 5.01 Å². The van der Waals surface area contributed by atoms with Crippen LogP contribution < -0.4 is 5.01 Å². The van der Waals surface area contributed by atoms with Gasteiger partial charge in [0.25, 0.3) is 0 Å². The van der Waals surface area contributed by atoms with E-state index < -0.39 is 23.4 Å². The van der Waals surface area contributed by atoms with Crippen LogP contribution in [0.5, 0.6) is 0 Å². The van der Waals surface area contributed by atoms with Gasteiger partial charge in [-0.15, -0.1) is 0 Å². The number of aliphatic carboxylic acids is 1. The van der Waals surface area contributed by atoms with E-state index in [1.54, 1.807) is 18.2 Å². The molecule has 0 aromatic heterocycles. The van der Waals surface area contributed by atoms with Gasteiger partial charge in [-0.2, -0.15) is 10.1 Å². The second-order valence-corrected chi connectivity index (χ2v) is 3.38. The van der Waals surface area contributed by atoms with Gasteiger partial charge in [-0.3, -0.25) is 4.79 Å². The van der Waals surface area contributed by atoms with Gasteiger partial charge in [-0.1, -0.05) is 18.2 Å². The standard InChI is InChI=1S/C10H8N2O5/c13-8(14)7-10(16,17)9(15)12(11-7)6-4-2-1-3-5-6/h1-5,16-17H,(H,13,14). The number of amides is 1. The molecular weight excluding hydrogens is 228 g/mol. The van der Waals surface area contributed by atoms with Crippen LogP contribution in [0.4, 0.5) is 5.69 Å². The minimum absolute atomic E-state index is 0.251. The summed E-state index contributed by atoms with van der Waals surface area (Å²) in [6, 6.07) is 7.88. The summed E-state index contributed by atoms with van der Waals surface area (Å²) in [4.78, 5) is 22.3. The zero-order valence-electron chi connectivity index (χ0n) is 8.44. The first-order valence-corrected chi connectivity index (χ1v) is 4.61. The maximum atomic E-state index is 11.6. The van der Waals surface area contributed by atoms with Gasteiger partial charge < -0.3 is 15.3 Å². The highest BCUT2D eigenvalue weighted by Gasteiger charge is 2.52. The predicted octanol–water partition coefficient (Wildman–Crippen LogP) is -0.845.